The number of benzene rings is 2. The van der Waals surface area contributed by atoms with Crippen molar-refractivity contribution in [1.82, 2.24) is 5.32 Å². The number of halogens is 1. The van der Waals surface area contributed by atoms with Crippen molar-refractivity contribution in [2.24, 2.45) is 10.9 Å². The van der Waals surface area contributed by atoms with Crippen molar-refractivity contribution >= 4 is 28.4 Å². The molecule has 1 amide bonds. The molecule has 2 N–H and O–H groups in total. The van der Waals surface area contributed by atoms with E-state index in [0.29, 0.717) is 16.7 Å². The number of carbonyl (C=O) groups excluding carboxylic acids is 1. The van der Waals surface area contributed by atoms with Crippen molar-refractivity contribution in [2.75, 3.05) is 5.32 Å². The summed E-state index contributed by atoms with van der Waals surface area (Å²) in [5, 5.41) is 6.85. The number of hydrogen-bond acceptors (Lipinski definition) is 3. The minimum atomic E-state index is -0.123. The zero-order valence-corrected chi connectivity index (χ0v) is 17.7. The van der Waals surface area contributed by atoms with E-state index in [1.807, 2.05) is 67.6 Å². The molecule has 0 radical (unpaired) electrons. The Kier molecular flexibility index (Phi) is 6.89. The molecular formula is C24H26ClN3O. The van der Waals surface area contributed by atoms with Gasteiger partial charge < -0.3 is 10.6 Å². The lowest BCUT2D eigenvalue weighted by molar-refractivity contribution is 0.102. The summed E-state index contributed by atoms with van der Waals surface area (Å²) in [6.07, 6.45) is 6.88. The Morgan fingerprint density at radius 3 is 2.72 bits per heavy atom. The van der Waals surface area contributed by atoms with E-state index >= 15 is 0 Å². The normalized spacial score (nSPS) is 18.6. The number of carbonyl (C=O) groups is 1. The van der Waals surface area contributed by atoms with Crippen LogP contribution in [-0.4, -0.2) is 11.1 Å². The molecule has 29 heavy (non-hydrogen) atoms. The summed E-state index contributed by atoms with van der Waals surface area (Å²) < 4.78 is 0. The van der Waals surface area contributed by atoms with E-state index in [2.05, 4.69) is 35.5 Å². The number of amides is 1. The number of aryl methyl sites for hydroxylation is 1. The summed E-state index contributed by atoms with van der Waals surface area (Å²) in [6.45, 7) is 6.20. The van der Waals surface area contributed by atoms with Crippen LogP contribution in [0, 0.1) is 12.8 Å². The summed E-state index contributed by atoms with van der Waals surface area (Å²) in [6, 6.07) is 15.4. The van der Waals surface area contributed by atoms with Gasteiger partial charge in [-0.05, 0) is 68.2 Å². The van der Waals surface area contributed by atoms with Gasteiger partial charge in [-0.3, -0.25) is 4.79 Å². The lowest BCUT2D eigenvalue weighted by Gasteiger charge is -2.19. The summed E-state index contributed by atoms with van der Waals surface area (Å²) in [5.74, 6) is 1.01. The lowest BCUT2D eigenvalue weighted by Crippen LogP contribution is -2.19. The minimum Gasteiger partial charge on any atom is -0.364 e. The van der Waals surface area contributed by atoms with Gasteiger partial charge in [0.05, 0.1) is 6.04 Å². The first-order chi connectivity index (χ1) is 13.9. The number of allylic oxidation sites excluding steroid dienone is 3. The van der Waals surface area contributed by atoms with Gasteiger partial charge in [-0.1, -0.05) is 54.4 Å². The number of aliphatic imine (C=N–C) groups is 1. The van der Waals surface area contributed by atoms with Gasteiger partial charge in [0.1, 0.15) is 11.0 Å². The van der Waals surface area contributed by atoms with Gasteiger partial charge in [0.15, 0.2) is 0 Å². The second-order valence-electron chi connectivity index (χ2n) is 7.41. The third-order valence-corrected chi connectivity index (χ3v) is 4.97. The molecule has 2 atom stereocenters. The van der Waals surface area contributed by atoms with Gasteiger partial charge in [0, 0.05) is 11.3 Å². The maximum Gasteiger partial charge on any atom is 0.255 e. The average molecular weight is 408 g/mol. The van der Waals surface area contributed by atoms with Crippen LogP contribution >= 0.6 is 11.6 Å². The highest BCUT2D eigenvalue weighted by atomic mass is 35.5. The van der Waals surface area contributed by atoms with Crippen LogP contribution in [0.15, 0.2) is 77.6 Å². The zero-order chi connectivity index (χ0) is 20.8. The van der Waals surface area contributed by atoms with Gasteiger partial charge in [-0.15, -0.1) is 0 Å². The van der Waals surface area contributed by atoms with Crippen LogP contribution in [0.2, 0.25) is 0 Å². The topological polar surface area (TPSA) is 53.5 Å². The molecule has 0 saturated carbocycles. The Balaban J connectivity index is 1.72. The van der Waals surface area contributed by atoms with E-state index in [4.69, 9.17) is 11.6 Å². The number of nitrogens with zero attached hydrogens (tertiary/aromatic N) is 1. The predicted molar refractivity (Wildman–Crippen MR) is 121 cm³/mol. The highest BCUT2D eigenvalue weighted by Crippen LogP contribution is 2.21. The fraction of sp³-hybridized carbons (Fsp3) is 0.250. The molecule has 5 heteroatoms. The number of rotatable bonds is 5. The first-order valence-electron chi connectivity index (χ1n) is 9.78. The number of anilines is 1. The average Bonchev–Trinajstić information content (AvgIpc) is 2.67. The first kappa shape index (κ1) is 20.9. The number of hydrogen-bond donors (Lipinski definition) is 2. The molecule has 2 aromatic rings. The maximum absolute atomic E-state index is 12.5. The van der Waals surface area contributed by atoms with Crippen LogP contribution in [0.4, 0.5) is 5.69 Å². The Labute approximate surface area is 177 Å². The van der Waals surface area contributed by atoms with Crippen LogP contribution in [-0.2, 0) is 0 Å². The third kappa shape index (κ3) is 6.06. The van der Waals surface area contributed by atoms with E-state index < -0.39 is 0 Å². The van der Waals surface area contributed by atoms with Crippen molar-refractivity contribution in [3.05, 3.63) is 89.3 Å². The molecule has 0 aliphatic carbocycles. The predicted octanol–water partition coefficient (Wildman–Crippen LogP) is 5.97. The largest absolute Gasteiger partial charge is 0.364 e. The van der Waals surface area contributed by atoms with Crippen molar-refractivity contribution in [3.8, 4) is 0 Å². The first-order valence-corrected chi connectivity index (χ1v) is 10.2. The molecule has 3 rings (SSSR count). The van der Waals surface area contributed by atoms with Gasteiger partial charge in [0.25, 0.3) is 5.91 Å². The minimum absolute atomic E-state index is 0.00120. The molecule has 0 saturated heterocycles. The standard InChI is InChI=1S/C24H26ClN3O/c1-16-10-12-19(13-11-16)24(29)27-21-8-5-7-20(15-21)18(3)26-23-14-17(2)6-4-9-22(25)28-23/h4-5,7-15,17-18,26H,6H2,1-3H3,(H,27,29)/b9-4+,23-14?,28-22?/t17?,18-/m0/s1. The molecule has 1 unspecified atom stereocenters. The molecule has 4 nitrogen and oxygen atoms in total. The molecule has 0 fully saturated rings. The Morgan fingerprint density at radius 1 is 1.21 bits per heavy atom. The zero-order valence-electron chi connectivity index (χ0n) is 16.9. The molecular weight excluding hydrogens is 382 g/mol. The third-order valence-electron chi connectivity index (χ3n) is 4.76. The van der Waals surface area contributed by atoms with Gasteiger partial charge in [-0.25, -0.2) is 4.99 Å². The van der Waals surface area contributed by atoms with E-state index in [1.165, 1.54) is 0 Å². The Bertz CT molecular complexity index is 960. The highest BCUT2D eigenvalue weighted by Gasteiger charge is 2.12. The number of nitrogens with one attached hydrogen (secondary N) is 2. The van der Waals surface area contributed by atoms with Crippen LogP contribution in [0.5, 0.6) is 0 Å². The van der Waals surface area contributed by atoms with Crippen molar-refractivity contribution in [3.63, 3.8) is 0 Å². The van der Waals surface area contributed by atoms with Crippen molar-refractivity contribution < 1.29 is 4.79 Å². The summed E-state index contributed by atoms with van der Waals surface area (Å²) in [7, 11) is 0. The SMILES string of the molecule is Cc1ccc(C(=O)Nc2cccc([C@H](C)NC3=CC(C)C/C=C/C(Cl)=N3)c2)cc1. The molecule has 0 spiro atoms. The van der Waals surface area contributed by atoms with Gasteiger partial charge >= 0.3 is 0 Å². The van der Waals surface area contributed by atoms with Gasteiger partial charge in [0.2, 0.25) is 0 Å². The van der Waals surface area contributed by atoms with Crippen molar-refractivity contribution in [2.45, 2.75) is 33.2 Å². The van der Waals surface area contributed by atoms with E-state index in [9.17, 15) is 4.79 Å². The van der Waals surface area contributed by atoms with Crippen LogP contribution in [0.25, 0.3) is 0 Å². The van der Waals surface area contributed by atoms with Crippen LogP contribution in [0.3, 0.4) is 0 Å². The molecule has 2 aromatic carbocycles. The fourth-order valence-corrected chi connectivity index (χ4v) is 3.27. The summed E-state index contributed by atoms with van der Waals surface area (Å²) in [4.78, 5) is 16.9. The van der Waals surface area contributed by atoms with E-state index in [-0.39, 0.29) is 11.9 Å². The van der Waals surface area contributed by atoms with E-state index in [0.717, 1.165) is 29.1 Å². The Hall–Kier alpha value is -2.85. The molecule has 150 valence electrons. The summed E-state index contributed by atoms with van der Waals surface area (Å²) in [5.41, 5.74) is 3.56. The maximum atomic E-state index is 12.5. The molecule has 0 bridgehead atoms. The fourth-order valence-electron chi connectivity index (χ4n) is 3.09. The molecule has 1 aliphatic rings. The van der Waals surface area contributed by atoms with Crippen molar-refractivity contribution in [1.29, 1.82) is 0 Å². The summed E-state index contributed by atoms with van der Waals surface area (Å²) >= 11 is 6.15. The van der Waals surface area contributed by atoms with Crippen LogP contribution in [0.1, 0.15) is 47.8 Å². The smallest absolute Gasteiger partial charge is 0.255 e. The quantitative estimate of drug-likeness (QED) is 0.641. The highest BCUT2D eigenvalue weighted by molar-refractivity contribution is 6.68. The van der Waals surface area contributed by atoms with Crippen LogP contribution < -0.4 is 10.6 Å². The molecule has 1 aliphatic heterocycles. The van der Waals surface area contributed by atoms with E-state index in [1.54, 1.807) is 0 Å². The lowest BCUT2D eigenvalue weighted by atomic mass is 10.1. The Morgan fingerprint density at radius 2 is 1.97 bits per heavy atom. The van der Waals surface area contributed by atoms with Gasteiger partial charge in [-0.2, -0.15) is 0 Å². The monoisotopic (exact) mass is 407 g/mol. The molecule has 0 aromatic heterocycles. The molecule has 1 heterocycles. The second kappa shape index (κ2) is 9.57. The second-order valence-corrected chi connectivity index (χ2v) is 7.80.